The lowest BCUT2D eigenvalue weighted by atomic mass is 10.0. The number of ether oxygens (including phenoxy) is 2. The van der Waals surface area contributed by atoms with E-state index >= 15 is 0 Å². The Morgan fingerprint density at radius 3 is 2.83 bits per heavy atom. The van der Waals surface area contributed by atoms with Crippen molar-refractivity contribution in [2.24, 2.45) is 0 Å². The summed E-state index contributed by atoms with van der Waals surface area (Å²) in [6.45, 7) is 2.04. The van der Waals surface area contributed by atoms with E-state index in [4.69, 9.17) is 21.1 Å². The van der Waals surface area contributed by atoms with E-state index in [1.54, 1.807) is 12.1 Å². The summed E-state index contributed by atoms with van der Waals surface area (Å²) in [6.07, 6.45) is 9.85. The highest BCUT2D eigenvalue weighted by atomic mass is 35.5. The van der Waals surface area contributed by atoms with Gasteiger partial charge in [0.1, 0.15) is 0 Å². The minimum Gasteiger partial charge on any atom is -0.454 e. The normalized spacial score (nSPS) is 16.7. The second-order valence-electron chi connectivity index (χ2n) is 6.56. The summed E-state index contributed by atoms with van der Waals surface area (Å²) < 4.78 is 10.7. The van der Waals surface area contributed by atoms with Crippen LogP contribution in [0.5, 0.6) is 11.5 Å². The lowest BCUT2D eigenvalue weighted by Gasteiger charge is -2.21. The Bertz CT molecular complexity index is 992. The van der Waals surface area contributed by atoms with Crippen molar-refractivity contribution in [2.45, 2.75) is 25.5 Å². The van der Waals surface area contributed by atoms with Gasteiger partial charge in [0.05, 0.1) is 12.1 Å². The van der Waals surface area contributed by atoms with Crippen LogP contribution in [-0.4, -0.2) is 39.0 Å². The maximum absolute atomic E-state index is 10.6. The number of hydrogen-bond donors (Lipinski definition) is 3. The van der Waals surface area contributed by atoms with Gasteiger partial charge in [-0.2, -0.15) is 15.0 Å². The Morgan fingerprint density at radius 2 is 1.93 bits per heavy atom. The predicted octanol–water partition coefficient (Wildman–Crippen LogP) is 3.60. The van der Waals surface area contributed by atoms with Gasteiger partial charge in [-0.1, -0.05) is 30.4 Å². The number of nitrogens with zero attached hydrogens (tertiary/aromatic N) is 3. The third kappa shape index (κ3) is 4.67. The van der Waals surface area contributed by atoms with E-state index in [2.05, 4.69) is 25.6 Å². The Hall–Kier alpha value is -3.10. The molecule has 0 bridgehead atoms. The van der Waals surface area contributed by atoms with Crippen molar-refractivity contribution in [1.82, 2.24) is 15.0 Å². The molecule has 0 amide bonds. The van der Waals surface area contributed by atoms with Gasteiger partial charge >= 0.3 is 0 Å². The Labute approximate surface area is 173 Å². The zero-order valence-electron chi connectivity index (χ0n) is 15.7. The Kier molecular flexibility index (Phi) is 5.64. The van der Waals surface area contributed by atoms with Crippen molar-refractivity contribution in [3.8, 4) is 11.5 Å². The second-order valence-corrected chi connectivity index (χ2v) is 6.89. The fourth-order valence-electron chi connectivity index (χ4n) is 2.94. The van der Waals surface area contributed by atoms with Crippen molar-refractivity contribution in [3.05, 3.63) is 59.4 Å². The zero-order chi connectivity index (χ0) is 20.2. The minimum absolute atomic E-state index is 0.0314. The van der Waals surface area contributed by atoms with Crippen molar-refractivity contribution >= 4 is 29.2 Å². The fraction of sp³-hybridized carbons (Fsp3) is 0.250. The molecule has 1 aliphatic heterocycles. The molecule has 2 heterocycles. The Morgan fingerprint density at radius 1 is 1.10 bits per heavy atom. The zero-order valence-corrected chi connectivity index (χ0v) is 16.4. The molecule has 2 atom stereocenters. The first-order chi connectivity index (χ1) is 14.1. The van der Waals surface area contributed by atoms with Gasteiger partial charge in [0.2, 0.25) is 24.0 Å². The number of rotatable bonds is 6. The number of halogens is 1. The third-order valence-corrected chi connectivity index (χ3v) is 4.58. The molecule has 3 N–H and O–H groups in total. The van der Waals surface area contributed by atoms with Gasteiger partial charge in [-0.15, -0.1) is 0 Å². The van der Waals surface area contributed by atoms with E-state index < -0.39 is 6.10 Å². The molecule has 0 fully saturated rings. The van der Waals surface area contributed by atoms with Crippen LogP contribution in [0.4, 0.5) is 17.6 Å². The van der Waals surface area contributed by atoms with Crippen LogP contribution < -0.4 is 20.1 Å². The highest BCUT2D eigenvalue weighted by Gasteiger charge is 2.19. The number of hydrogen-bond acceptors (Lipinski definition) is 8. The molecule has 29 heavy (non-hydrogen) atoms. The van der Waals surface area contributed by atoms with Crippen LogP contribution in [0.25, 0.3) is 0 Å². The lowest BCUT2D eigenvalue weighted by Crippen LogP contribution is -2.32. The summed E-state index contributed by atoms with van der Waals surface area (Å²) in [4.78, 5) is 12.6. The van der Waals surface area contributed by atoms with E-state index in [1.807, 2.05) is 43.4 Å². The number of fused-ring (bicyclic) bond motifs is 1. The van der Waals surface area contributed by atoms with Gasteiger partial charge in [0.25, 0.3) is 0 Å². The van der Waals surface area contributed by atoms with E-state index in [-0.39, 0.29) is 30.0 Å². The van der Waals surface area contributed by atoms with Crippen LogP contribution in [0.3, 0.4) is 0 Å². The molecule has 4 rings (SSSR count). The first kappa shape index (κ1) is 19.2. The van der Waals surface area contributed by atoms with Crippen LogP contribution in [-0.2, 0) is 0 Å². The molecule has 150 valence electrons. The summed E-state index contributed by atoms with van der Waals surface area (Å²) >= 11 is 6.06. The van der Waals surface area contributed by atoms with Crippen LogP contribution in [0.2, 0.25) is 5.28 Å². The summed E-state index contributed by atoms with van der Waals surface area (Å²) in [5.74, 6) is 1.85. The predicted molar refractivity (Wildman–Crippen MR) is 111 cm³/mol. The monoisotopic (exact) mass is 413 g/mol. The first-order valence-corrected chi connectivity index (χ1v) is 9.52. The van der Waals surface area contributed by atoms with Crippen molar-refractivity contribution in [3.63, 3.8) is 0 Å². The van der Waals surface area contributed by atoms with Gasteiger partial charge in [-0.25, -0.2) is 0 Å². The number of anilines is 3. The molecule has 0 saturated carbocycles. The van der Waals surface area contributed by atoms with E-state index in [0.29, 0.717) is 11.5 Å². The third-order valence-electron chi connectivity index (χ3n) is 4.42. The highest BCUT2D eigenvalue weighted by molar-refractivity contribution is 6.28. The van der Waals surface area contributed by atoms with Gasteiger partial charge in [0.15, 0.2) is 11.5 Å². The SMILES string of the molecule is CC(Nc1nc(Cl)nc(Nc2ccc3c(c2)OCO3)n1)C(O)C1=CC=CCC=C1. The molecular weight excluding hydrogens is 394 g/mol. The number of aliphatic hydroxyl groups excluding tert-OH is 1. The maximum Gasteiger partial charge on any atom is 0.233 e. The fourth-order valence-corrected chi connectivity index (χ4v) is 3.10. The molecule has 2 aromatic rings. The highest BCUT2D eigenvalue weighted by Crippen LogP contribution is 2.34. The summed E-state index contributed by atoms with van der Waals surface area (Å²) in [5, 5.41) is 16.8. The number of allylic oxidation sites excluding steroid dienone is 4. The molecule has 0 spiro atoms. The molecule has 0 radical (unpaired) electrons. The van der Waals surface area contributed by atoms with Crippen molar-refractivity contribution < 1.29 is 14.6 Å². The largest absolute Gasteiger partial charge is 0.454 e. The van der Waals surface area contributed by atoms with Crippen LogP contribution in [0.1, 0.15) is 13.3 Å². The molecule has 2 unspecified atom stereocenters. The summed E-state index contributed by atoms with van der Waals surface area (Å²) in [7, 11) is 0. The second kappa shape index (κ2) is 8.50. The number of aliphatic hydroxyl groups is 1. The summed E-state index contributed by atoms with van der Waals surface area (Å²) in [6, 6.07) is 5.06. The smallest absolute Gasteiger partial charge is 0.233 e. The molecule has 1 aromatic carbocycles. The van der Waals surface area contributed by atoms with Crippen LogP contribution in [0, 0.1) is 0 Å². The lowest BCUT2D eigenvalue weighted by molar-refractivity contribution is 0.174. The van der Waals surface area contributed by atoms with Gasteiger partial charge < -0.3 is 25.2 Å². The Balaban J connectivity index is 1.48. The number of benzene rings is 1. The molecular formula is C20H20ClN5O3. The van der Waals surface area contributed by atoms with Gasteiger partial charge in [0, 0.05) is 11.8 Å². The summed E-state index contributed by atoms with van der Waals surface area (Å²) in [5.41, 5.74) is 1.52. The average molecular weight is 414 g/mol. The topological polar surface area (TPSA) is 101 Å². The number of aromatic nitrogens is 3. The number of nitrogens with one attached hydrogen (secondary N) is 2. The molecule has 1 aliphatic carbocycles. The molecule has 9 heteroatoms. The minimum atomic E-state index is -0.741. The molecule has 1 aromatic heterocycles. The average Bonchev–Trinajstić information content (AvgIpc) is 2.99. The quantitative estimate of drug-likeness (QED) is 0.660. The van der Waals surface area contributed by atoms with Crippen LogP contribution in [0.15, 0.2) is 54.2 Å². The first-order valence-electron chi connectivity index (χ1n) is 9.14. The molecule has 0 saturated heterocycles. The van der Waals surface area contributed by atoms with E-state index in [1.165, 1.54) is 0 Å². The molecule has 8 nitrogen and oxygen atoms in total. The maximum atomic E-state index is 10.6. The molecule has 2 aliphatic rings. The van der Waals surface area contributed by atoms with E-state index in [0.717, 1.165) is 17.7 Å². The standard InChI is InChI=1S/C20H20ClN5O3/c1-12(17(27)13-6-4-2-3-5-7-13)22-19-24-18(21)25-20(26-19)23-14-8-9-15-16(10-14)29-11-28-15/h2,4-10,12,17,27H,3,11H2,1H3,(H2,22,23,24,25,26). The van der Waals surface area contributed by atoms with Gasteiger partial charge in [-0.3, -0.25) is 0 Å². The van der Waals surface area contributed by atoms with Crippen molar-refractivity contribution in [1.29, 1.82) is 0 Å². The van der Waals surface area contributed by atoms with E-state index in [9.17, 15) is 5.11 Å². The van der Waals surface area contributed by atoms with Crippen LogP contribution >= 0.6 is 11.6 Å². The van der Waals surface area contributed by atoms with Gasteiger partial charge in [-0.05, 0) is 42.7 Å². The van der Waals surface area contributed by atoms with Crippen molar-refractivity contribution in [2.75, 3.05) is 17.4 Å².